The van der Waals surface area contributed by atoms with E-state index in [2.05, 4.69) is 15.5 Å². The van der Waals surface area contributed by atoms with Crippen LogP contribution in [0.15, 0.2) is 18.2 Å². The molecular formula is C15H21N5. The Labute approximate surface area is 119 Å². The largest absolute Gasteiger partial charge is 0.398 e. The second-order valence-corrected chi connectivity index (χ2v) is 5.66. The number of nitrogens with two attached hydrogens (primary N) is 1. The number of hydrogen-bond donors (Lipinski definition) is 1. The summed E-state index contributed by atoms with van der Waals surface area (Å²) in [4.78, 5) is 0. The van der Waals surface area contributed by atoms with E-state index in [4.69, 9.17) is 5.73 Å². The highest BCUT2D eigenvalue weighted by molar-refractivity contribution is 5.63. The van der Waals surface area contributed by atoms with Crippen LogP contribution < -0.4 is 5.73 Å². The first kappa shape index (κ1) is 13.1. The molecule has 20 heavy (non-hydrogen) atoms. The van der Waals surface area contributed by atoms with Gasteiger partial charge in [0.25, 0.3) is 0 Å². The predicted octanol–water partition coefficient (Wildman–Crippen LogP) is 3.13. The number of hydrogen-bond acceptors (Lipinski definition) is 4. The predicted molar refractivity (Wildman–Crippen MR) is 79.1 cm³/mol. The van der Waals surface area contributed by atoms with Gasteiger partial charge in [-0.15, -0.1) is 5.10 Å². The summed E-state index contributed by atoms with van der Waals surface area (Å²) in [7, 11) is 0. The van der Waals surface area contributed by atoms with Crippen molar-refractivity contribution in [3.05, 3.63) is 23.8 Å². The molecule has 0 bridgehead atoms. The van der Waals surface area contributed by atoms with Crippen LogP contribution >= 0.6 is 0 Å². The third kappa shape index (κ3) is 2.53. The standard InChI is InChI=1S/C15H21N5/c1-11-8-9-12(10-14(11)16)15-17-18-19-20(15)13-6-4-2-3-5-7-13/h8-10,13H,2-7,16H2,1H3. The Bertz CT molecular complexity index is 582. The lowest BCUT2D eigenvalue weighted by atomic mass is 10.1. The molecule has 0 unspecified atom stereocenters. The molecule has 2 aromatic rings. The summed E-state index contributed by atoms with van der Waals surface area (Å²) in [6, 6.07) is 6.46. The van der Waals surface area contributed by atoms with E-state index >= 15 is 0 Å². The average molecular weight is 271 g/mol. The fraction of sp³-hybridized carbons (Fsp3) is 0.533. The summed E-state index contributed by atoms with van der Waals surface area (Å²) in [6.45, 7) is 2.01. The Kier molecular flexibility index (Phi) is 3.67. The molecule has 0 radical (unpaired) electrons. The molecule has 3 rings (SSSR count). The van der Waals surface area contributed by atoms with Gasteiger partial charge in [-0.3, -0.25) is 0 Å². The van der Waals surface area contributed by atoms with Gasteiger partial charge >= 0.3 is 0 Å². The lowest BCUT2D eigenvalue weighted by Crippen LogP contribution is -2.11. The maximum absolute atomic E-state index is 6.00. The number of tetrazole rings is 1. The number of benzene rings is 1. The lowest BCUT2D eigenvalue weighted by Gasteiger charge is -2.16. The zero-order chi connectivity index (χ0) is 13.9. The molecule has 1 aromatic heterocycles. The van der Waals surface area contributed by atoms with Crippen LogP contribution in [0.1, 0.15) is 50.1 Å². The van der Waals surface area contributed by atoms with E-state index in [0.29, 0.717) is 6.04 Å². The summed E-state index contributed by atoms with van der Waals surface area (Å²) in [6.07, 6.45) is 7.51. The Balaban J connectivity index is 1.94. The Morgan fingerprint density at radius 3 is 2.60 bits per heavy atom. The van der Waals surface area contributed by atoms with Crippen molar-refractivity contribution >= 4 is 5.69 Å². The first-order chi connectivity index (χ1) is 9.75. The molecule has 0 aliphatic heterocycles. The molecule has 106 valence electrons. The van der Waals surface area contributed by atoms with Gasteiger partial charge < -0.3 is 5.73 Å². The van der Waals surface area contributed by atoms with Crippen molar-refractivity contribution in [1.29, 1.82) is 0 Å². The molecule has 2 N–H and O–H groups in total. The third-order valence-corrected chi connectivity index (χ3v) is 4.20. The van der Waals surface area contributed by atoms with Crippen molar-refractivity contribution in [2.45, 2.75) is 51.5 Å². The molecule has 1 heterocycles. The lowest BCUT2D eigenvalue weighted by molar-refractivity contribution is 0.400. The fourth-order valence-electron chi connectivity index (χ4n) is 2.91. The van der Waals surface area contributed by atoms with Crippen LogP contribution in [0.2, 0.25) is 0 Å². The molecule has 0 amide bonds. The van der Waals surface area contributed by atoms with E-state index in [-0.39, 0.29) is 0 Å². The van der Waals surface area contributed by atoms with Gasteiger partial charge in [0.2, 0.25) is 0 Å². The highest BCUT2D eigenvalue weighted by Crippen LogP contribution is 2.30. The molecule has 0 saturated heterocycles. The zero-order valence-electron chi connectivity index (χ0n) is 11.9. The number of anilines is 1. The third-order valence-electron chi connectivity index (χ3n) is 4.20. The van der Waals surface area contributed by atoms with Crippen molar-refractivity contribution in [2.75, 3.05) is 5.73 Å². The first-order valence-electron chi connectivity index (χ1n) is 7.40. The van der Waals surface area contributed by atoms with Crippen molar-refractivity contribution in [3.63, 3.8) is 0 Å². The molecule has 1 aliphatic carbocycles. The van der Waals surface area contributed by atoms with Crippen LogP contribution in [0.4, 0.5) is 5.69 Å². The van der Waals surface area contributed by atoms with Gasteiger partial charge in [-0.05, 0) is 41.8 Å². The van der Waals surface area contributed by atoms with Gasteiger partial charge in [0, 0.05) is 11.3 Å². The molecule has 5 heteroatoms. The summed E-state index contributed by atoms with van der Waals surface area (Å²) < 4.78 is 2.00. The van der Waals surface area contributed by atoms with Crippen molar-refractivity contribution < 1.29 is 0 Å². The smallest absolute Gasteiger partial charge is 0.182 e. The van der Waals surface area contributed by atoms with Crippen molar-refractivity contribution in [1.82, 2.24) is 20.2 Å². The molecule has 0 atom stereocenters. The minimum absolute atomic E-state index is 0.421. The highest BCUT2D eigenvalue weighted by Gasteiger charge is 2.20. The van der Waals surface area contributed by atoms with Crippen LogP contribution in [0, 0.1) is 6.92 Å². The first-order valence-corrected chi connectivity index (χ1v) is 7.40. The van der Waals surface area contributed by atoms with Gasteiger partial charge in [0.15, 0.2) is 5.82 Å². The minimum atomic E-state index is 0.421. The summed E-state index contributed by atoms with van der Waals surface area (Å²) >= 11 is 0. The van der Waals surface area contributed by atoms with E-state index in [1.165, 1.54) is 38.5 Å². The highest BCUT2D eigenvalue weighted by atomic mass is 15.5. The van der Waals surface area contributed by atoms with Crippen LogP contribution in [-0.2, 0) is 0 Å². The number of aromatic nitrogens is 4. The second kappa shape index (κ2) is 5.61. The Hall–Kier alpha value is -1.91. The average Bonchev–Trinajstić information content (AvgIpc) is 2.77. The van der Waals surface area contributed by atoms with Gasteiger partial charge in [-0.25, -0.2) is 4.68 Å². The summed E-state index contributed by atoms with van der Waals surface area (Å²) in [5, 5.41) is 12.3. The van der Waals surface area contributed by atoms with Gasteiger partial charge in [-0.1, -0.05) is 37.8 Å². The van der Waals surface area contributed by atoms with E-state index in [9.17, 15) is 0 Å². The fourth-order valence-corrected chi connectivity index (χ4v) is 2.91. The number of aryl methyl sites for hydroxylation is 1. The normalized spacial score (nSPS) is 17.1. The topological polar surface area (TPSA) is 69.6 Å². The molecule has 1 aromatic carbocycles. The SMILES string of the molecule is Cc1ccc(-c2nnnn2C2CCCCCC2)cc1N. The zero-order valence-corrected chi connectivity index (χ0v) is 11.9. The molecule has 0 spiro atoms. The maximum Gasteiger partial charge on any atom is 0.182 e. The summed E-state index contributed by atoms with van der Waals surface area (Å²) in [5.41, 5.74) is 8.88. The van der Waals surface area contributed by atoms with Crippen LogP contribution in [0.3, 0.4) is 0 Å². The second-order valence-electron chi connectivity index (χ2n) is 5.66. The number of rotatable bonds is 2. The van der Waals surface area contributed by atoms with Crippen LogP contribution in [0.25, 0.3) is 11.4 Å². The van der Waals surface area contributed by atoms with Gasteiger partial charge in [0.1, 0.15) is 0 Å². The van der Waals surface area contributed by atoms with Gasteiger partial charge in [-0.2, -0.15) is 0 Å². The van der Waals surface area contributed by atoms with Gasteiger partial charge in [0.05, 0.1) is 6.04 Å². The summed E-state index contributed by atoms with van der Waals surface area (Å²) in [5.74, 6) is 0.837. The van der Waals surface area contributed by atoms with Crippen molar-refractivity contribution in [2.24, 2.45) is 0 Å². The quantitative estimate of drug-likeness (QED) is 0.673. The van der Waals surface area contributed by atoms with Crippen molar-refractivity contribution in [3.8, 4) is 11.4 Å². The van der Waals surface area contributed by atoms with Crippen LogP contribution in [0.5, 0.6) is 0 Å². The van der Waals surface area contributed by atoms with E-state index in [1.54, 1.807) is 0 Å². The maximum atomic E-state index is 6.00. The molecule has 5 nitrogen and oxygen atoms in total. The minimum Gasteiger partial charge on any atom is -0.398 e. The number of nitrogens with zero attached hydrogens (tertiary/aromatic N) is 4. The van der Waals surface area contributed by atoms with E-state index < -0.39 is 0 Å². The van der Waals surface area contributed by atoms with Crippen LogP contribution in [-0.4, -0.2) is 20.2 Å². The van der Waals surface area contributed by atoms with E-state index in [1.807, 2.05) is 29.8 Å². The Morgan fingerprint density at radius 1 is 1.15 bits per heavy atom. The molecule has 1 fully saturated rings. The molecular weight excluding hydrogens is 250 g/mol. The molecule has 1 saturated carbocycles. The molecule has 1 aliphatic rings. The number of nitrogen functional groups attached to an aromatic ring is 1. The van der Waals surface area contributed by atoms with E-state index in [0.717, 1.165) is 22.6 Å². The Morgan fingerprint density at radius 2 is 1.90 bits per heavy atom. The monoisotopic (exact) mass is 271 g/mol.